The molecule has 5 nitrogen and oxygen atoms in total. The first-order valence-electron chi connectivity index (χ1n) is 6.33. The molecule has 0 saturated heterocycles. The molecule has 0 saturated carbocycles. The van der Waals surface area contributed by atoms with E-state index >= 15 is 0 Å². The average molecular weight is 386 g/mol. The van der Waals surface area contributed by atoms with Gasteiger partial charge in [-0.3, -0.25) is 4.79 Å². The van der Waals surface area contributed by atoms with Crippen molar-refractivity contribution >= 4 is 32.6 Å². The Labute approximate surface area is 140 Å². The highest BCUT2D eigenvalue weighted by molar-refractivity contribution is 9.10. The minimum atomic E-state index is -2.94. The van der Waals surface area contributed by atoms with Crippen LogP contribution in [0.25, 0.3) is 10.9 Å². The quantitative estimate of drug-likeness (QED) is 0.478. The average Bonchev–Trinajstić information content (AvgIpc) is 2.89. The molecule has 23 heavy (non-hydrogen) atoms. The third-order valence-corrected chi connectivity index (χ3v) is 3.16. The van der Waals surface area contributed by atoms with Gasteiger partial charge in [0.05, 0.1) is 15.7 Å². The maximum Gasteiger partial charge on any atom is 0.387 e. The Bertz CT molecular complexity index is 766. The number of hydrogen-bond donors (Lipinski definition) is 2. The van der Waals surface area contributed by atoms with Gasteiger partial charge in [-0.05, 0) is 48.2 Å². The Balaban J connectivity index is 0.000000816. The van der Waals surface area contributed by atoms with Crippen molar-refractivity contribution in [2.24, 2.45) is 0 Å². The standard InChI is InChI=1S/C13H7BrF2N2O2.C2H7N/c1-6(5-17)12(19)10-2-7-3-11(20-13(15)16)8(14)4-9(7)18-10;1-3-2/h2-4,13,18H,1H2;3H,1-2H3. The number of carbonyl (C=O) groups is 1. The zero-order chi connectivity index (χ0) is 17.6. The van der Waals surface area contributed by atoms with Gasteiger partial charge < -0.3 is 15.0 Å². The highest BCUT2D eigenvalue weighted by Gasteiger charge is 2.15. The number of Topliss-reactive ketones (excluding diaryl/α,β-unsaturated/α-hetero) is 1. The number of nitrogens with zero attached hydrogens (tertiary/aromatic N) is 1. The number of halogens is 3. The number of benzene rings is 1. The van der Waals surface area contributed by atoms with Crippen molar-refractivity contribution in [1.29, 1.82) is 5.26 Å². The van der Waals surface area contributed by atoms with E-state index < -0.39 is 12.4 Å². The number of hydrogen-bond acceptors (Lipinski definition) is 4. The molecule has 1 aromatic heterocycles. The lowest BCUT2D eigenvalue weighted by atomic mass is 10.1. The van der Waals surface area contributed by atoms with Gasteiger partial charge in [0.1, 0.15) is 11.8 Å². The van der Waals surface area contributed by atoms with Crippen molar-refractivity contribution in [2.75, 3.05) is 14.1 Å². The van der Waals surface area contributed by atoms with Crippen LogP contribution in [-0.4, -0.2) is 31.5 Å². The van der Waals surface area contributed by atoms with E-state index in [0.29, 0.717) is 15.4 Å². The lowest BCUT2D eigenvalue weighted by Crippen LogP contribution is -2.02. The zero-order valence-electron chi connectivity index (χ0n) is 12.4. The Morgan fingerprint density at radius 3 is 2.57 bits per heavy atom. The molecule has 0 amide bonds. The van der Waals surface area contributed by atoms with Crippen LogP contribution in [0.5, 0.6) is 5.75 Å². The van der Waals surface area contributed by atoms with Crippen LogP contribution >= 0.6 is 15.9 Å². The number of rotatable bonds is 4. The number of aromatic nitrogens is 1. The number of allylic oxidation sites excluding steroid dienone is 1. The molecule has 0 spiro atoms. The van der Waals surface area contributed by atoms with Crippen LogP contribution in [0.4, 0.5) is 8.78 Å². The first-order valence-corrected chi connectivity index (χ1v) is 7.12. The Morgan fingerprint density at radius 2 is 2.04 bits per heavy atom. The van der Waals surface area contributed by atoms with Crippen molar-refractivity contribution in [3.8, 4) is 11.8 Å². The van der Waals surface area contributed by atoms with Gasteiger partial charge in [-0.2, -0.15) is 14.0 Å². The smallest absolute Gasteiger partial charge is 0.387 e. The lowest BCUT2D eigenvalue weighted by Gasteiger charge is -2.06. The summed E-state index contributed by atoms with van der Waals surface area (Å²) in [6.45, 7) is 0.388. The molecule has 0 radical (unpaired) electrons. The summed E-state index contributed by atoms with van der Waals surface area (Å²) in [4.78, 5) is 14.6. The summed E-state index contributed by atoms with van der Waals surface area (Å²) >= 11 is 3.10. The van der Waals surface area contributed by atoms with Crippen LogP contribution in [-0.2, 0) is 0 Å². The Hall–Kier alpha value is -2.24. The molecule has 1 heterocycles. The number of H-pyrrole nitrogens is 1. The minimum absolute atomic E-state index is 0.0374. The topological polar surface area (TPSA) is 77.9 Å². The number of fused-ring (bicyclic) bond motifs is 1. The predicted octanol–water partition coefficient (Wildman–Crippen LogP) is 3.63. The fraction of sp³-hybridized carbons (Fsp3) is 0.200. The summed E-state index contributed by atoms with van der Waals surface area (Å²) in [6, 6.07) is 5.99. The van der Waals surface area contributed by atoms with E-state index in [9.17, 15) is 13.6 Å². The van der Waals surface area contributed by atoms with Crippen LogP contribution in [0, 0.1) is 11.3 Å². The number of alkyl halides is 2. The van der Waals surface area contributed by atoms with Gasteiger partial charge in [-0.25, -0.2) is 0 Å². The fourth-order valence-corrected chi connectivity index (χ4v) is 2.09. The number of nitriles is 1. The number of aromatic amines is 1. The summed E-state index contributed by atoms with van der Waals surface area (Å²) in [7, 11) is 3.75. The summed E-state index contributed by atoms with van der Waals surface area (Å²) in [5, 5.41) is 11.9. The SMILES string of the molecule is C=C(C#N)C(=O)c1cc2cc(OC(F)F)c(Br)cc2[nH]1.CNC. The molecular weight excluding hydrogens is 372 g/mol. The van der Waals surface area contributed by atoms with Crippen molar-refractivity contribution in [3.05, 3.63) is 40.5 Å². The fourth-order valence-electron chi connectivity index (χ4n) is 1.66. The van der Waals surface area contributed by atoms with Gasteiger partial charge in [-0.1, -0.05) is 6.58 Å². The summed E-state index contributed by atoms with van der Waals surface area (Å²) in [5.74, 6) is -0.583. The molecule has 1 aromatic carbocycles. The normalized spacial score (nSPS) is 9.96. The zero-order valence-corrected chi connectivity index (χ0v) is 14.0. The molecule has 8 heteroatoms. The largest absolute Gasteiger partial charge is 0.434 e. The monoisotopic (exact) mass is 385 g/mol. The van der Waals surface area contributed by atoms with E-state index in [0.717, 1.165) is 0 Å². The summed E-state index contributed by atoms with van der Waals surface area (Å²) < 4.78 is 29.1. The highest BCUT2D eigenvalue weighted by atomic mass is 79.9. The second kappa shape index (κ2) is 8.41. The van der Waals surface area contributed by atoms with Gasteiger partial charge in [0.15, 0.2) is 0 Å². The van der Waals surface area contributed by atoms with E-state index in [1.54, 1.807) is 6.07 Å². The van der Waals surface area contributed by atoms with Crippen LogP contribution in [0.15, 0.2) is 34.8 Å². The number of carbonyl (C=O) groups excluding carboxylic acids is 1. The van der Waals surface area contributed by atoms with Crippen molar-refractivity contribution < 1.29 is 18.3 Å². The van der Waals surface area contributed by atoms with E-state index in [4.69, 9.17) is 5.26 Å². The maximum atomic E-state index is 12.2. The highest BCUT2D eigenvalue weighted by Crippen LogP contribution is 2.32. The van der Waals surface area contributed by atoms with Gasteiger partial charge in [0, 0.05) is 10.9 Å². The minimum Gasteiger partial charge on any atom is -0.434 e. The lowest BCUT2D eigenvalue weighted by molar-refractivity contribution is -0.0502. The first kappa shape index (κ1) is 18.8. The van der Waals surface area contributed by atoms with Crippen LogP contribution < -0.4 is 10.1 Å². The van der Waals surface area contributed by atoms with Crippen LogP contribution in [0.3, 0.4) is 0 Å². The Morgan fingerprint density at radius 1 is 1.43 bits per heavy atom. The number of nitrogens with one attached hydrogen (secondary N) is 2. The first-order chi connectivity index (χ1) is 10.8. The number of ketones is 1. The molecule has 2 aromatic rings. The molecule has 2 N–H and O–H groups in total. The van der Waals surface area contributed by atoms with E-state index in [-0.39, 0.29) is 17.0 Å². The molecule has 2 rings (SSSR count). The van der Waals surface area contributed by atoms with Gasteiger partial charge >= 0.3 is 6.61 Å². The second-order valence-corrected chi connectivity index (χ2v) is 5.21. The predicted molar refractivity (Wildman–Crippen MR) is 86.7 cm³/mol. The molecular formula is C15H14BrF2N3O2. The van der Waals surface area contributed by atoms with Crippen molar-refractivity contribution in [3.63, 3.8) is 0 Å². The number of ether oxygens (including phenoxy) is 1. The molecule has 0 unspecified atom stereocenters. The maximum absolute atomic E-state index is 12.2. The van der Waals surface area contributed by atoms with Gasteiger partial charge in [0.2, 0.25) is 5.78 Å². The Kier molecular flexibility index (Phi) is 6.88. The summed E-state index contributed by atoms with van der Waals surface area (Å²) in [6.07, 6.45) is 0. The van der Waals surface area contributed by atoms with Gasteiger partial charge in [-0.15, -0.1) is 0 Å². The third-order valence-electron chi connectivity index (χ3n) is 2.54. The van der Waals surface area contributed by atoms with Crippen molar-refractivity contribution in [2.45, 2.75) is 6.61 Å². The van der Waals surface area contributed by atoms with E-state index in [1.165, 1.54) is 18.2 Å². The molecule has 0 bridgehead atoms. The molecule has 0 fully saturated rings. The summed E-state index contributed by atoms with van der Waals surface area (Å²) in [5.41, 5.74) is 0.500. The van der Waals surface area contributed by atoms with E-state index in [1.807, 2.05) is 14.1 Å². The molecule has 122 valence electrons. The molecule has 0 aliphatic rings. The van der Waals surface area contributed by atoms with Crippen LogP contribution in [0.1, 0.15) is 10.5 Å². The third kappa shape index (κ3) is 4.87. The molecule has 0 atom stereocenters. The second-order valence-electron chi connectivity index (χ2n) is 4.35. The van der Waals surface area contributed by atoms with Gasteiger partial charge in [0.25, 0.3) is 0 Å². The van der Waals surface area contributed by atoms with E-state index in [2.05, 4.69) is 37.5 Å². The van der Waals surface area contributed by atoms with Crippen LogP contribution in [0.2, 0.25) is 0 Å². The van der Waals surface area contributed by atoms with Crippen molar-refractivity contribution in [1.82, 2.24) is 10.3 Å². The molecule has 0 aliphatic carbocycles. The molecule has 0 aliphatic heterocycles.